The van der Waals surface area contributed by atoms with Gasteiger partial charge in [-0.05, 0) is 24.7 Å². The van der Waals surface area contributed by atoms with E-state index in [9.17, 15) is 10.4 Å². The van der Waals surface area contributed by atoms with Crippen molar-refractivity contribution in [3.63, 3.8) is 0 Å². The van der Waals surface area contributed by atoms with Crippen molar-refractivity contribution in [1.82, 2.24) is 14.9 Å². The molecule has 0 radical (unpaired) electrons. The molecular weight excluding hydrogens is 300 g/mol. The maximum absolute atomic E-state index is 10.4. The molecule has 0 atom stereocenters. The number of H-pyrrole nitrogens is 1. The van der Waals surface area contributed by atoms with E-state index in [2.05, 4.69) is 16.0 Å². The van der Waals surface area contributed by atoms with Crippen molar-refractivity contribution in [3.8, 4) is 6.07 Å². The van der Waals surface area contributed by atoms with E-state index in [1.165, 1.54) is 0 Å². The molecule has 0 spiro atoms. The van der Waals surface area contributed by atoms with Crippen LogP contribution in [0.2, 0.25) is 0 Å². The molecule has 1 aromatic heterocycles. The molecule has 0 aliphatic heterocycles. The molecule has 0 saturated carbocycles. The van der Waals surface area contributed by atoms with Gasteiger partial charge < -0.3 is 10.1 Å². The highest BCUT2D eigenvalue weighted by Gasteiger charge is 2.14. The number of para-hydroxylation sites is 2. The Bertz CT molecular complexity index is 873. The van der Waals surface area contributed by atoms with Gasteiger partial charge in [0.15, 0.2) is 5.82 Å². The number of hydrogen-bond acceptors (Lipinski definition) is 4. The Morgan fingerprint density at radius 2 is 1.88 bits per heavy atom. The number of aromatic amines is 1. The second-order valence-electron chi connectivity index (χ2n) is 5.69. The SMILES string of the molecule is CN(C/C(O)=C(\C#N)c1nc2ccccc2[nH]1)Cc1ccccc1. The molecule has 0 aliphatic rings. The van der Waals surface area contributed by atoms with E-state index in [-0.39, 0.29) is 17.9 Å². The van der Waals surface area contributed by atoms with E-state index < -0.39 is 0 Å². The van der Waals surface area contributed by atoms with Gasteiger partial charge in [-0.1, -0.05) is 42.5 Å². The van der Waals surface area contributed by atoms with Crippen LogP contribution in [0.1, 0.15) is 11.4 Å². The molecule has 0 bridgehead atoms. The molecule has 2 aromatic carbocycles. The summed E-state index contributed by atoms with van der Waals surface area (Å²) in [6, 6.07) is 19.6. The summed E-state index contributed by atoms with van der Waals surface area (Å²) >= 11 is 0. The van der Waals surface area contributed by atoms with E-state index in [4.69, 9.17) is 0 Å². The predicted molar refractivity (Wildman–Crippen MR) is 94.0 cm³/mol. The Morgan fingerprint density at radius 1 is 1.17 bits per heavy atom. The maximum Gasteiger partial charge on any atom is 0.152 e. The Labute approximate surface area is 140 Å². The monoisotopic (exact) mass is 318 g/mol. The highest BCUT2D eigenvalue weighted by atomic mass is 16.3. The minimum Gasteiger partial charge on any atom is -0.509 e. The van der Waals surface area contributed by atoms with Crippen LogP contribution in [0.25, 0.3) is 16.6 Å². The molecule has 3 rings (SSSR count). The van der Waals surface area contributed by atoms with Gasteiger partial charge in [0.05, 0.1) is 17.6 Å². The summed E-state index contributed by atoms with van der Waals surface area (Å²) in [4.78, 5) is 9.41. The summed E-state index contributed by atoms with van der Waals surface area (Å²) in [6.45, 7) is 0.957. The van der Waals surface area contributed by atoms with Gasteiger partial charge in [0.1, 0.15) is 17.4 Å². The lowest BCUT2D eigenvalue weighted by molar-refractivity contribution is 0.286. The number of rotatable bonds is 5. The molecule has 5 nitrogen and oxygen atoms in total. The van der Waals surface area contributed by atoms with Gasteiger partial charge in [0.2, 0.25) is 0 Å². The van der Waals surface area contributed by atoms with Crippen molar-refractivity contribution in [2.45, 2.75) is 6.54 Å². The average Bonchev–Trinajstić information content (AvgIpc) is 2.99. The molecule has 3 aromatic rings. The standard InChI is InChI=1S/C19H18N4O/c1-23(12-14-7-3-2-4-8-14)13-18(24)15(11-20)19-21-16-9-5-6-10-17(16)22-19/h2-10,24H,12-13H2,1H3,(H,21,22)/b18-15-. The molecule has 0 saturated heterocycles. The van der Waals surface area contributed by atoms with Crippen LogP contribution in [-0.4, -0.2) is 33.6 Å². The Kier molecular flexibility index (Phi) is 4.59. The number of nitriles is 1. The second kappa shape index (κ2) is 6.99. The van der Waals surface area contributed by atoms with Gasteiger partial charge in [0, 0.05) is 6.54 Å². The zero-order valence-electron chi connectivity index (χ0n) is 13.4. The predicted octanol–water partition coefficient (Wildman–Crippen LogP) is 3.49. The molecule has 2 N–H and O–H groups in total. The first kappa shape index (κ1) is 15.8. The van der Waals surface area contributed by atoms with Crippen LogP contribution in [0.3, 0.4) is 0 Å². The lowest BCUT2D eigenvalue weighted by Gasteiger charge is -2.16. The number of aliphatic hydroxyl groups excluding tert-OH is 1. The first-order chi connectivity index (χ1) is 11.7. The van der Waals surface area contributed by atoms with E-state index in [0.29, 0.717) is 12.4 Å². The van der Waals surface area contributed by atoms with Crippen LogP contribution in [-0.2, 0) is 6.54 Å². The fraction of sp³-hybridized carbons (Fsp3) is 0.158. The second-order valence-corrected chi connectivity index (χ2v) is 5.69. The number of nitrogens with one attached hydrogen (secondary N) is 1. The van der Waals surface area contributed by atoms with Gasteiger partial charge in [-0.15, -0.1) is 0 Å². The third-order valence-corrected chi connectivity index (χ3v) is 3.74. The maximum atomic E-state index is 10.4. The molecule has 5 heteroatoms. The molecule has 1 heterocycles. The number of imidazole rings is 1. The molecule has 24 heavy (non-hydrogen) atoms. The van der Waals surface area contributed by atoms with E-state index >= 15 is 0 Å². The van der Waals surface area contributed by atoms with Gasteiger partial charge in [0.25, 0.3) is 0 Å². The average molecular weight is 318 g/mol. The fourth-order valence-corrected chi connectivity index (χ4v) is 2.61. The van der Waals surface area contributed by atoms with Crippen molar-refractivity contribution >= 4 is 16.6 Å². The summed E-state index contributed by atoms with van der Waals surface area (Å²) in [7, 11) is 1.90. The molecular formula is C19H18N4O. The summed E-state index contributed by atoms with van der Waals surface area (Å²) in [5.74, 6) is 0.402. The zero-order chi connectivity index (χ0) is 16.9. The molecule has 120 valence electrons. The summed E-state index contributed by atoms with van der Waals surface area (Å²) in [5, 5.41) is 19.8. The van der Waals surface area contributed by atoms with Crippen molar-refractivity contribution in [2.24, 2.45) is 0 Å². The van der Waals surface area contributed by atoms with Gasteiger partial charge >= 0.3 is 0 Å². The van der Waals surface area contributed by atoms with Crippen molar-refractivity contribution < 1.29 is 5.11 Å². The van der Waals surface area contributed by atoms with Crippen LogP contribution >= 0.6 is 0 Å². The molecule has 0 unspecified atom stereocenters. The number of benzene rings is 2. The van der Waals surface area contributed by atoms with Crippen LogP contribution in [0.4, 0.5) is 0 Å². The van der Waals surface area contributed by atoms with Crippen LogP contribution in [0.5, 0.6) is 0 Å². The van der Waals surface area contributed by atoms with E-state index in [0.717, 1.165) is 16.6 Å². The molecule has 0 aliphatic carbocycles. The largest absolute Gasteiger partial charge is 0.509 e. The van der Waals surface area contributed by atoms with Crippen molar-refractivity contribution in [1.29, 1.82) is 5.26 Å². The number of likely N-dealkylation sites (N-methyl/N-ethyl adjacent to an activating group) is 1. The van der Waals surface area contributed by atoms with E-state index in [1.54, 1.807) is 0 Å². The number of fused-ring (bicyclic) bond motifs is 1. The molecule has 0 fully saturated rings. The fourth-order valence-electron chi connectivity index (χ4n) is 2.61. The first-order valence-electron chi connectivity index (χ1n) is 7.67. The highest BCUT2D eigenvalue weighted by Crippen LogP contribution is 2.19. The lowest BCUT2D eigenvalue weighted by atomic mass is 10.2. The lowest BCUT2D eigenvalue weighted by Crippen LogP contribution is -2.21. The number of allylic oxidation sites excluding steroid dienone is 1. The number of aliphatic hydroxyl groups is 1. The number of aromatic nitrogens is 2. The topological polar surface area (TPSA) is 75.9 Å². The first-order valence-corrected chi connectivity index (χ1v) is 7.67. The summed E-state index contributed by atoms with van der Waals surface area (Å²) in [5.41, 5.74) is 2.93. The van der Waals surface area contributed by atoms with Crippen LogP contribution < -0.4 is 0 Å². The van der Waals surface area contributed by atoms with Crippen molar-refractivity contribution in [2.75, 3.05) is 13.6 Å². The zero-order valence-corrected chi connectivity index (χ0v) is 13.4. The number of nitrogens with zero attached hydrogens (tertiary/aromatic N) is 3. The van der Waals surface area contributed by atoms with E-state index in [1.807, 2.05) is 66.5 Å². The van der Waals surface area contributed by atoms with Crippen molar-refractivity contribution in [3.05, 3.63) is 71.7 Å². The third-order valence-electron chi connectivity index (χ3n) is 3.74. The summed E-state index contributed by atoms with van der Waals surface area (Å²) in [6.07, 6.45) is 0. The van der Waals surface area contributed by atoms with Crippen LogP contribution in [0.15, 0.2) is 60.4 Å². The van der Waals surface area contributed by atoms with Gasteiger partial charge in [-0.25, -0.2) is 4.98 Å². The minimum absolute atomic E-state index is 0.00925. The quantitative estimate of drug-likeness (QED) is 0.558. The summed E-state index contributed by atoms with van der Waals surface area (Å²) < 4.78 is 0. The smallest absolute Gasteiger partial charge is 0.152 e. The molecule has 0 amide bonds. The Morgan fingerprint density at radius 3 is 2.58 bits per heavy atom. The van der Waals surface area contributed by atoms with Gasteiger partial charge in [-0.3, -0.25) is 4.90 Å². The minimum atomic E-state index is 0.00925. The highest BCUT2D eigenvalue weighted by molar-refractivity contribution is 5.82. The Hall–Kier alpha value is -3.10. The normalized spacial score (nSPS) is 12.2. The number of hydrogen-bond donors (Lipinski definition) is 2. The van der Waals surface area contributed by atoms with Gasteiger partial charge in [-0.2, -0.15) is 5.26 Å². The van der Waals surface area contributed by atoms with Crippen LogP contribution in [0, 0.1) is 11.3 Å². The Balaban J connectivity index is 1.81. The third kappa shape index (κ3) is 3.45.